The van der Waals surface area contributed by atoms with E-state index in [0.717, 1.165) is 35.2 Å². The Morgan fingerprint density at radius 1 is 1.22 bits per heavy atom. The van der Waals surface area contributed by atoms with E-state index in [-0.39, 0.29) is 0 Å². The third-order valence-electron chi connectivity index (χ3n) is 2.67. The van der Waals surface area contributed by atoms with Crippen molar-refractivity contribution in [3.8, 4) is 0 Å². The molecule has 3 nitrogen and oxygen atoms in total. The lowest BCUT2D eigenvalue weighted by molar-refractivity contribution is 0.489. The van der Waals surface area contributed by atoms with Gasteiger partial charge < -0.3 is 9.73 Å². The molecule has 0 aliphatic carbocycles. The summed E-state index contributed by atoms with van der Waals surface area (Å²) in [7, 11) is 0. The van der Waals surface area contributed by atoms with Gasteiger partial charge in [-0.1, -0.05) is 30.8 Å². The molecule has 98 valence electrons. The molecule has 0 radical (unpaired) electrons. The summed E-state index contributed by atoms with van der Waals surface area (Å²) in [6.45, 7) is 4.43. The Balaban J connectivity index is 1.67. The fourth-order valence-electron chi connectivity index (χ4n) is 1.73. The molecule has 0 aliphatic rings. The van der Waals surface area contributed by atoms with Gasteiger partial charge in [-0.05, 0) is 44.5 Å². The molecular formula is C14H20N2OS. The first-order chi connectivity index (χ1) is 8.90. The quantitative estimate of drug-likeness (QED) is 0.583. The van der Waals surface area contributed by atoms with Gasteiger partial charge in [0.2, 0.25) is 0 Å². The van der Waals surface area contributed by atoms with Crippen molar-refractivity contribution in [2.75, 3.05) is 18.8 Å². The molecule has 0 fully saturated rings. The summed E-state index contributed by atoms with van der Waals surface area (Å²) in [5, 5.41) is 4.20. The van der Waals surface area contributed by atoms with Gasteiger partial charge in [0.15, 0.2) is 5.58 Å². The van der Waals surface area contributed by atoms with Crippen molar-refractivity contribution in [3.05, 3.63) is 24.3 Å². The van der Waals surface area contributed by atoms with Crippen molar-refractivity contribution >= 4 is 22.9 Å². The number of nitrogens with one attached hydrogen (secondary N) is 1. The lowest BCUT2D eigenvalue weighted by atomic mass is 10.3. The van der Waals surface area contributed by atoms with E-state index < -0.39 is 0 Å². The van der Waals surface area contributed by atoms with Crippen LogP contribution < -0.4 is 5.32 Å². The van der Waals surface area contributed by atoms with Gasteiger partial charge >= 0.3 is 0 Å². The minimum absolute atomic E-state index is 0.790. The number of thioether (sulfide) groups is 1. The number of unbranched alkanes of at least 4 members (excludes halogenated alkanes) is 1. The maximum atomic E-state index is 5.65. The lowest BCUT2D eigenvalue weighted by Gasteiger charge is -2.01. The molecule has 1 aromatic heterocycles. The molecule has 0 amide bonds. The number of oxazole rings is 1. The fourth-order valence-corrected chi connectivity index (χ4v) is 2.56. The number of nitrogens with zero attached hydrogens (tertiary/aromatic N) is 1. The maximum Gasteiger partial charge on any atom is 0.256 e. The zero-order valence-corrected chi connectivity index (χ0v) is 11.6. The number of fused-ring (bicyclic) bond motifs is 1. The van der Waals surface area contributed by atoms with Crippen LogP contribution >= 0.6 is 11.8 Å². The van der Waals surface area contributed by atoms with Crippen LogP contribution in [0, 0.1) is 0 Å². The Morgan fingerprint density at radius 2 is 2.11 bits per heavy atom. The van der Waals surface area contributed by atoms with E-state index >= 15 is 0 Å². The summed E-state index contributed by atoms with van der Waals surface area (Å²) in [5.41, 5.74) is 1.83. The average molecular weight is 264 g/mol. The molecule has 2 aromatic rings. The number of para-hydroxylation sites is 2. The molecule has 1 heterocycles. The second-order valence-electron chi connectivity index (χ2n) is 4.25. The van der Waals surface area contributed by atoms with Crippen LogP contribution in [0.5, 0.6) is 0 Å². The first-order valence-corrected chi connectivity index (χ1v) is 7.58. The van der Waals surface area contributed by atoms with E-state index in [0.29, 0.717) is 0 Å². The zero-order valence-electron chi connectivity index (χ0n) is 10.8. The summed E-state index contributed by atoms with van der Waals surface area (Å²) in [4.78, 5) is 4.44. The van der Waals surface area contributed by atoms with Gasteiger partial charge in [0.05, 0.1) is 0 Å². The fraction of sp³-hybridized carbons (Fsp3) is 0.500. The molecule has 18 heavy (non-hydrogen) atoms. The van der Waals surface area contributed by atoms with Crippen LogP contribution in [-0.4, -0.2) is 23.8 Å². The van der Waals surface area contributed by atoms with Crippen molar-refractivity contribution in [2.24, 2.45) is 0 Å². The van der Waals surface area contributed by atoms with Crippen LogP contribution in [0.2, 0.25) is 0 Å². The van der Waals surface area contributed by atoms with Gasteiger partial charge in [-0.25, -0.2) is 4.98 Å². The molecule has 0 saturated heterocycles. The molecular weight excluding hydrogens is 244 g/mol. The van der Waals surface area contributed by atoms with E-state index in [1.54, 1.807) is 11.8 Å². The molecule has 4 heteroatoms. The van der Waals surface area contributed by atoms with E-state index in [9.17, 15) is 0 Å². The predicted molar refractivity (Wildman–Crippen MR) is 77.1 cm³/mol. The molecule has 0 aliphatic heterocycles. The zero-order chi connectivity index (χ0) is 12.6. The third-order valence-corrected chi connectivity index (χ3v) is 3.59. The second kappa shape index (κ2) is 7.44. The highest BCUT2D eigenvalue weighted by Gasteiger charge is 2.04. The van der Waals surface area contributed by atoms with Crippen LogP contribution in [0.25, 0.3) is 11.1 Å². The highest BCUT2D eigenvalue weighted by molar-refractivity contribution is 7.99. The number of rotatable bonds is 8. The van der Waals surface area contributed by atoms with E-state index in [1.165, 1.54) is 19.3 Å². The number of hydrogen-bond acceptors (Lipinski definition) is 4. The molecule has 1 aromatic carbocycles. The van der Waals surface area contributed by atoms with Gasteiger partial charge in [0.1, 0.15) is 5.52 Å². The summed E-state index contributed by atoms with van der Waals surface area (Å²) in [5.74, 6) is 1.07. The van der Waals surface area contributed by atoms with Crippen molar-refractivity contribution < 1.29 is 4.42 Å². The molecule has 2 rings (SSSR count). The summed E-state index contributed by atoms with van der Waals surface area (Å²) >= 11 is 1.70. The largest absolute Gasteiger partial charge is 0.431 e. The van der Waals surface area contributed by atoms with Crippen LogP contribution in [0.4, 0.5) is 0 Å². The first-order valence-electron chi connectivity index (χ1n) is 6.59. The van der Waals surface area contributed by atoms with Gasteiger partial charge in [-0.15, -0.1) is 0 Å². The van der Waals surface area contributed by atoms with Gasteiger partial charge in [-0.3, -0.25) is 0 Å². The molecule has 0 saturated carbocycles. The third kappa shape index (κ3) is 4.03. The van der Waals surface area contributed by atoms with E-state index in [4.69, 9.17) is 4.42 Å². The SMILES string of the molecule is CCCNCCCCSc1nc2ccccc2o1. The van der Waals surface area contributed by atoms with Crippen molar-refractivity contribution in [1.29, 1.82) is 0 Å². The van der Waals surface area contributed by atoms with E-state index in [2.05, 4.69) is 17.2 Å². The summed E-state index contributed by atoms with van der Waals surface area (Å²) in [6.07, 6.45) is 3.62. The first kappa shape index (κ1) is 13.4. The predicted octanol–water partition coefficient (Wildman–Crippen LogP) is 3.70. The highest BCUT2D eigenvalue weighted by atomic mass is 32.2. The van der Waals surface area contributed by atoms with Crippen LogP contribution in [-0.2, 0) is 0 Å². The Kier molecular flexibility index (Phi) is 5.55. The molecule has 0 bridgehead atoms. The Bertz CT molecular complexity index is 437. The maximum absolute atomic E-state index is 5.65. The van der Waals surface area contributed by atoms with Gasteiger partial charge in [0.25, 0.3) is 5.22 Å². The average Bonchev–Trinajstić information content (AvgIpc) is 2.80. The Hall–Kier alpha value is -1.00. The number of aromatic nitrogens is 1. The second-order valence-corrected chi connectivity index (χ2v) is 5.30. The minimum atomic E-state index is 0.790. The van der Waals surface area contributed by atoms with Crippen molar-refractivity contribution in [2.45, 2.75) is 31.4 Å². The Labute approximate surface area is 112 Å². The summed E-state index contributed by atoms with van der Waals surface area (Å²) in [6, 6.07) is 7.90. The van der Waals surface area contributed by atoms with Gasteiger partial charge in [0, 0.05) is 5.75 Å². The molecule has 1 N–H and O–H groups in total. The summed E-state index contributed by atoms with van der Waals surface area (Å²) < 4.78 is 5.65. The number of hydrogen-bond donors (Lipinski definition) is 1. The van der Waals surface area contributed by atoms with Crippen molar-refractivity contribution in [3.63, 3.8) is 0 Å². The normalized spacial score (nSPS) is 11.2. The molecule has 0 unspecified atom stereocenters. The number of benzene rings is 1. The van der Waals surface area contributed by atoms with Crippen LogP contribution in [0.3, 0.4) is 0 Å². The van der Waals surface area contributed by atoms with Crippen LogP contribution in [0.15, 0.2) is 33.9 Å². The van der Waals surface area contributed by atoms with Crippen molar-refractivity contribution in [1.82, 2.24) is 10.3 Å². The Morgan fingerprint density at radius 3 is 2.94 bits per heavy atom. The lowest BCUT2D eigenvalue weighted by Crippen LogP contribution is -2.15. The van der Waals surface area contributed by atoms with Gasteiger partial charge in [-0.2, -0.15) is 0 Å². The van der Waals surface area contributed by atoms with E-state index in [1.807, 2.05) is 24.3 Å². The molecule has 0 atom stereocenters. The highest BCUT2D eigenvalue weighted by Crippen LogP contribution is 2.23. The minimum Gasteiger partial charge on any atom is -0.431 e. The molecule has 0 spiro atoms. The monoisotopic (exact) mass is 264 g/mol. The topological polar surface area (TPSA) is 38.1 Å². The standard InChI is InChI=1S/C14H20N2OS/c1-2-9-15-10-5-6-11-18-14-16-12-7-3-4-8-13(12)17-14/h3-4,7-8,15H,2,5-6,9-11H2,1H3. The van der Waals surface area contributed by atoms with Crippen LogP contribution in [0.1, 0.15) is 26.2 Å². The smallest absolute Gasteiger partial charge is 0.256 e.